The van der Waals surface area contributed by atoms with Crippen LogP contribution in [0, 0.1) is 17.6 Å². The Morgan fingerprint density at radius 3 is 2.84 bits per heavy atom. The topological polar surface area (TPSA) is 32.3 Å². The van der Waals surface area contributed by atoms with E-state index in [1.807, 2.05) is 11.8 Å². The van der Waals surface area contributed by atoms with Gasteiger partial charge in [0.05, 0.1) is 0 Å². The number of hydrogen-bond donors (Lipinski definition) is 1. The number of nitrogens with zero attached hydrogens (tertiary/aromatic N) is 1. The van der Waals surface area contributed by atoms with Crippen LogP contribution < -0.4 is 5.32 Å². The fraction of sp³-hybridized carbons (Fsp3) is 0.500. The zero-order valence-corrected chi connectivity index (χ0v) is 10.7. The maximum atomic E-state index is 13.2. The SMILES string of the molecule is CC1CC2CNCC2N1C(=O)c1ccc(F)c(F)c1. The van der Waals surface area contributed by atoms with Crippen LogP contribution in [0.2, 0.25) is 0 Å². The molecule has 2 aliphatic rings. The number of fused-ring (bicyclic) bond motifs is 1. The molecule has 5 heteroatoms. The van der Waals surface area contributed by atoms with Crippen molar-refractivity contribution in [2.45, 2.75) is 25.4 Å². The minimum Gasteiger partial charge on any atom is -0.331 e. The molecule has 19 heavy (non-hydrogen) atoms. The average Bonchev–Trinajstić information content (AvgIpc) is 2.91. The molecular formula is C14H16F2N2O. The highest BCUT2D eigenvalue weighted by atomic mass is 19.2. The van der Waals surface area contributed by atoms with Gasteiger partial charge >= 0.3 is 0 Å². The van der Waals surface area contributed by atoms with Gasteiger partial charge in [-0.25, -0.2) is 8.78 Å². The van der Waals surface area contributed by atoms with Crippen molar-refractivity contribution < 1.29 is 13.6 Å². The molecule has 1 amide bonds. The minimum absolute atomic E-state index is 0.151. The Labute approximate surface area is 110 Å². The molecule has 2 heterocycles. The lowest BCUT2D eigenvalue weighted by molar-refractivity contribution is 0.0681. The van der Waals surface area contributed by atoms with Crippen LogP contribution in [0.1, 0.15) is 23.7 Å². The number of carbonyl (C=O) groups is 1. The van der Waals surface area contributed by atoms with Crippen molar-refractivity contribution in [2.75, 3.05) is 13.1 Å². The number of halogens is 2. The molecular weight excluding hydrogens is 250 g/mol. The molecule has 0 saturated carbocycles. The second kappa shape index (κ2) is 4.56. The standard InChI is InChI=1S/C14H16F2N2O/c1-8-4-10-6-17-7-13(10)18(8)14(19)9-2-3-11(15)12(16)5-9/h2-3,5,8,10,13,17H,4,6-7H2,1H3. The summed E-state index contributed by atoms with van der Waals surface area (Å²) >= 11 is 0. The summed E-state index contributed by atoms with van der Waals surface area (Å²) in [5.74, 6) is -1.63. The summed E-state index contributed by atoms with van der Waals surface area (Å²) in [4.78, 5) is 14.3. The summed E-state index contributed by atoms with van der Waals surface area (Å²) in [6.45, 7) is 3.72. The van der Waals surface area contributed by atoms with E-state index in [-0.39, 0.29) is 23.6 Å². The van der Waals surface area contributed by atoms with Crippen LogP contribution in [-0.2, 0) is 0 Å². The van der Waals surface area contributed by atoms with Gasteiger partial charge in [-0.15, -0.1) is 0 Å². The van der Waals surface area contributed by atoms with E-state index in [4.69, 9.17) is 0 Å². The Morgan fingerprint density at radius 2 is 2.11 bits per heavy atom. The predicted molar refractivity (Wildman–Crippen MR) is 66.8 cm³/mol. The van der Waals surface area contributed by atoms with Crippen LogP contribution in [-0.4, -0.2) is 36.0 Å². The van der Waals surface area contributed by atoms with Gasteiger partial charge in [0.1, 0.15) is 0 Å². The first-order valence-corrected chi connectivity index (χ1v) is 6.56. The average molecular weight is 266 g/mol. The third-order valence-electron chi connectivity index (χ3n) is 4.18. The Balaban J connectivity index is 1.88. The van der Waals surface area contributed by atoms with E-state index in [9.17, 15) is 13.6 Å². The third-order valence-corrected chi connectivity index (χ3v) is 4.18. The molecule has 0 spiro atoms. The van der Waals surface area contributed by atoms with E-state index in [1.54, 1.807) is 0 Å². The summed E-state index contributed by atoms with van der Waals surface area (Å²) in [5, 5.41) is 3.27. The maximum Gasteiger partial charge on any atom is 0.254 e. The summed E-state index contributed by atoms with van der Waals surface area (Å²) in [6.07, 6.45) is 0.965. The number of carbonyl (C=O) groups excluding carboxylic acids is 1. The van der Waals surface area contributed by atoms with E-state index in [0.717, 1.165) is 31.6 Å². The van der Waals surface area contributed by atoms with Gasteiger partial charge in [-0.3, -0.25) is 4.79 Å². The van der Waals surface area contributed by atoms with Gasteiger partial charge in [-0.1, -0.05) is 0 Å². The van der Waals surface area contributed by atoms with Crippen molar-refractivity contribution in [2.24, 2.45) is 5.92 Å². The molecule has 1 aromatic rings. The molecule has 1 N–H and O–H groups in total. The van der Waals surface area contributed by atoms with Gasteiger partial charge in [0.2, 0.25) is 0 Å². The van der Waals surface area contributed by atoms with Crippen molar-refractivity contribution in [3.05, 3.63) is 35.4 Å². The number of rotatable bonds is 1. The molecule has 3 atom stereocenters. The molecule has 3 unspecified atom stereocenters. The summed E-state index contributed by atoms with van der Waals surface area (Å²) in [5.41, 5.74) is 0.221. The first kappa shape index (κ1) is 12.5. The van der Waals surface area contributed by atoms with Gasteiger partial charge in [0.25, 0.3) is 5.91 Å². The first-order chi connectivity index (χ1) is 9.08. The molecule has 0 bridgehead atoms. The lowest BCUT2D eigenvalue weighted by atomic mass is 10.0. The van der Waals surface area contributed by atoms with E-state index in [0.29, 0.717) is 5.92 Å². The molecule has 2 saturated heterocycles. The molecule has 102 valence electrons. The molecule has 3 rings (SSSR count). The Morgan fingerprint density at radius 1 is 1.32 bits per heavy atom. The van der Waals surface area contributed by atoms with Crippen LogP contribution >= 0.6 is 0 Å². The first-order valence-electron chi connectivity index (χ1n) is 6.56. The highest BCUT2D eigenvalue weighted by Gasteiger charge is 2.44. The van der Waals surface area contributed by atoms with Crippen molar-refractivity contribution in [3.8, 4) is 0 Å². The van der Waals surface area contributed by atoms with Crippen LogP contribution in [0.5, 0.6) is 0 Å². The highest BCUT2D eigenvalue weighted by Crippen LogP contribution is 2.33. The van der Waals surface area contributed by atoms with Crippen molar-refractivity contribution in [1.29, 1.82) is 0 Å². The number of benzene rings is 1. The van der Waals surface area contributed by atoms with E-state index >= 15 is 0 Å². The maximum absolute atomic E-state index is 13.2. The van der Waals surface area contributed by atoms with Gasteiger partial charge < -0.3 is 10.2 Å². The smallest absolute Gasteiger partial charge is 0.254 e. The highest BCUT2D eigenvalue weighted by molar-refractivity contribution is 5.95. The molecule has 0 aliphatic carbocycles. The number of amides is 1. The lowest BCUT2D eigenvalue weighted by Gasteiger charge is -2.27. The van der Waals surface area contributed by atoms with Gasteiger partial charge in [0.15, 0.2) is 11.6 Å². The van der Waals surface area contributed by atoms with E-state index in [1.165, 1.54) is 6.07 Å². The molecule has 2 aliphatic heterocycles. The predicted octanol–water partition coefficient (Wildman–Crippen LogP) is 1.79. The van der Waals surface area contributed by atoms with Crippen molar-refractivity contribution in [3.63, 3.8) is 0 Å². The normalized spacial score (nSPS) is 29.6. The monoisotopic (exact) mass is 266 g/mol. The van der Waals surface area contributed by atoms with Gasteiger partial charge in [0, 0.05) is 30.7 Å². The quantitative estimate of drug-likeness (QED) is 0.840. The minimum atomic E-state index is -0.973. The molecule has 2 fully saturated rings. The number of nitrogens with one attached hydrogen (secondary N) is 1. The van der Waals surface area contributed by atoms with Crippen LogP contribution in [0.4, 0.5) is 8.78 Å². The van der Waals surface area contributed by atoms with Gasteiger partial charge in [-0.05, 0) is 37.5 Å². The second-order valence-electron chi connectivity index (χ2n) is 5.41. The number of hydrogen-bond acceptors (Lipinski definition) is 2. The zero-order chi connectivity index (χ0) is 13.6. The third kappa shape index (κ3) is 2.02. The molecule has 0 aromatic heterocycles. The van der Waals surface area contributed by atoms with Crippen LogP contribution in [0.3, 0.4) is 0 Å². The molecule has 3 nitrogen and oxygen atoms in total. The van der Waals surface area contributed by atoms with Crippen molar-refractivity contribution >= 4 is 5.91 Å². The largest absolute Gasteiger partial charge is 0.331 e. The summed E-state index contributed by atoms with van der Waals surface area (Å²) < 4.78 is 26.2. The van der Waals surface area contributed by atoms with Crippen LogP contribution in [0.15, 0.2) is 18.2 Å². The fourth-order valence-electron chi connectivity index (χ4n) is 3.29. The molecule has 1 aromatic carbocycles. The second-order valence-corrected chi connectivity index (χ2v) is 5.41. The zero-order valence-electron chi connectivity index (χ0n) is 10.7. The molecule has 0 radical (unpaired) electrons. The Hall–Kier alpha value is -1.49. The number of likely N-dealkylation sites (tertiary alicyclic amines) is 1. The van der Waals surface area contributed by atoms with Crippen molar-refractivity contribution in [1.82, 2.24) is 10.2 Å². The lowest BCUT2D eigenvalue weighted by Crippen LogP contribution is -2.42. The van der Waals surface area contributed by atoms with E-state index < -0.39 is 11.6 Å². The summed E-state index contributed by atoms with van der Waals surface area (Å²) in [7, 11) is 0. The summed E-state index contributed by atoms with van der Waals surface area (Å²) in [6, 6.07) is 3.67. The van der Waals surface area contributed by atoms with Crippen LogP contribution in [0.25, 0.3) is 0 Å². The fourth-order valence-corrected chi connectivity index (χ4v) is 3.29. The van der Waals surface area contributed by atoms with E-state index in [2.05, 4.69) is 5.32 Å². The Bertz CT molecular complexity index is 520. The van der Waals surface area contributed by atoms with Gasteiger partial charge in [-0.2, -0.15) is 0 Å². The Kier molecular flexibility index (Phi) is 3.01.